The molecule has 4 nitrogen and oxygen atoms in total. The van der Waals surface area contributed by atoms with Crippen LogP contribution in [0.15, 0.2) is 24.3 Å². The number of hydrogen-bond donors (Lipinski definition) is 1. The van der Waals surface area contributed by atoms with Gasteiger partial charge in [-0.15, -0.1) is 0 Å². The summed E-state index contributed by atoms with van der Waals surface area (Å²) in [6, 6.07) is 7.57. The summed E-state index contributed by atoms with van der Waals surface area (Å²) < 4.78 is 18.5. The SMILES string of the molecule is CCC[C@H]1O[Si](CC)(Oc2cccc(O)c2)OC[C@H]1CC. The van der Waals surface area contributed by atoms with E-state index in [4.69, 9.17) is 13.3 Å². The standard InChI is InChI=1S/C16H26O4Si/c1-4-8-16-13(5-2)12-18-21(6-3,20-16)19-15-10-7-9-14(17)11-15/h7,9-11,13,16-17H,4-6,8,12H2,1-3H3/t13-,16-,21?/m1/s1. The lowest BCUT2D eigenvalue weighted by Crippen LogP contribution is -2.57. The molecule has 0 amide bonds. The molecule has 3 atom stereocenters. The summed E-state index contributed by atoms with van der Waals surface area (Å²) in [5.74, 6) is 1.26. The van der Waals surface area contributed by atoms with Gasteiger partial charge in [-0.25, -0.2) is 0 Å². The van der Waals surface area contributed by atoms with Gasteiger partial charge in [0, 0.05) is 24.6 Å². The van der Waals surface area contributed by atoms with Crippen LogP contribution < -0.4 is 4.43 Å². The quantitative estimate of drug-likeness (QED) is 0.808. The van der Waals surface area contributed by atoms with Crippen LogP contribution in [0.25, 0.3) is 0 Å². The molecule has 0 spiro atoms. The Bertz CT molecular complexity index is 454. The van der Waals surface area contributed by atoms with Gasteiger partial charge >= 0.3 is 8.80 Å². The molecule has 1 saturated heterocycles. The second kappa shape index (κ2) is 7.29. The molecule has 1 heterocycles. The van der Waals surface area contributed by atoms with Crippen LogP contribution in [0, 0.1) is 5.92 Å². The lowest BCUT2D eigenvalue weighted by Gasteiger charge is -2.41. The first-order valence-corrected chi connectivity index (χ1v) is 9.85. The van der Waals surface area contributed by atoms with Gasteiger partial charge < -0.3 is 18.4 Å². The summed E-state index contributed by atoms with van der Waals surface area (Å²) in [6.45, 7) is 7.11. The molecule has 21 heavy (non-hydrogen) atoms. The third kappa shape index (κ3) is 3.99. The Labute approximate surface area is 128 Å². The molecule has 1 unspecified atom stereocenters. The first-order valence-electron chi connectivity index (χ1n) is 7.92. The van der Waals surface area contributed by atoms with Crippen molar-refractivity contribution in [2.75, 3.05) is 6.61 Å². The van der Waals surface area contributed by atoms with Gasteiger partial charge in [0.05, 0.1) is 6.10 Å². The van der Waals surface area contributed by atoms with E-state index in [0.29, 0.717) is 18.3 Å². The largest absolute Gasteiger partial charge is 0.566 e. The molecule has 5 heteroatoms. The van der Waals surface area contributed by atoms with E-state index in [-0.39, 0.29) is 11.9 Å². The van der Waals surface area contributed by atoms with Crippen LogP contribution in [0.2, 0.25) is 6.04 Å². The van der Waals surface area contributed by atoms with Gasteiger partial charge in [-0.1, -0.05) is 33.3 Å². The molecule has 0 aliphatic carbocycles. The Morgan fingerprint density at radius 1 is 1.33 bits per heavy atom. The summed E-state index contributed by atoms with van der Waals surface area (Å²) >= 11 is 0. The smallest absolute Gasteiger partial charge is 0.508 e. The number of phenols is 1. The molecular weight excluding hydrogens is 284 g/mol. The number of aromatic hydroxyl groups is 1. The predicted molar refractivity (Wildman–Crippen MR) is 84.5 cm³/mol. The van der Waals surface area contributed by atoms with Crippen molar-refractivity contribution in [1.29, 1.82) is 0 Å². The minimum absolute atomic E-state index is 0.195. The van der Waals surface area contributed by atoms with Crippen LogP contribution in [0.3, 0.4) is 0 Å². The second-order valence-corrected chi connectivity index (χ2v) is 8.36. The van der Waals surface area contributed by atoms with Crippen LogP contribution in [0.1, 0.15) is 40.0 Å². The predicted octanol–water partition coefficient (Wildman–Crippen LogP) is 3.97. The monoisotopic (exact) mass is 310 g/mol. The van der Waals surface area contributed by atoms with Crippen molar-refractivity contribution >= 4 is 8.80 Å². The second-order valence-electron chi connectivity index (χ2n) is 5.56. The van der Waals surface area contributed by atoms with Crippen molar-refractivity contribution < 1.29 is 18.4 Å². The van der Waals surface area contributed by atoms with Gasteiger partial charge in [-0.3, -0.25) is 0 Å². The topological polar surface area (TPSA) is 47.9 Å². The highest BCUT2D eigenvalue weighted by atomic mass is 28.4. The molecule has 0 aromatic heterocycles. The molecule has 0 saturated carbocycles. The van der Waals surface area contributed by atoms with Crippen LogP contribution in [-0.2, 0) is 8.85 Å². The number of hydrogen-bond acceptors (Lipinski definition) is 4. The van der Waals surface area contributed by atoms with Gasteiger partial charge in [0.1, 0.15) is 11.5 Å². The third-order valence-electron chi connectivity index (χ3n) is 4.00. The maximum absolute atomic E-state index is 9.57. The zero-order valence-corrected chi connectivity index (χ0v) is 14.2. The fourth-order valence-electron chi connectivity index (χ4n) is 2.70. The van der Waals surface area contributed by atoms with Gasteiger partial charge in [-0.05, 0) is 25.0 Å². The molecule has 0 bridgehead atoms. The summed E-state index contributed by atoms with van der Waals surface area (Å²) in [6.07, 6.45) is 3.42. The maximum Gasteiger partial charge on any atom is 0.566 e. The fraction of sp³-hybridized carbons (Fsp3) is 0.625. The van der Waals surface area contributed by atoms with E-state index in [9.17, 15) is 5.11 Å². The van der Waals surface area contributed by atoms with Crippen molar-refractivity contribution in [2.45, 2.75) is 52.2 Å². The molecule has 1 N–H and O–H groups in total. The van der Waals surface area contributed by atoms with Crippen molar-refractivity contribution in [3.05, 3.63) is 24.3 Å². The van der Waals surface area contributed by atoms with Crippen molar-refractivity contribution in [2.24, 2.45) is 5.92 Å². The molecule has 118 valence electrons. The van der Waals surface area contributed by atoms with Crippen LogP contribution >= 0.6 is 0 Å². The molecule has 1 fully saturated rings. The van der Waals surface area contributed by atoms with Gasteiger partial charge in [-0.2, -0.15) is 0 Å². The van der Waals surface area contributed by atoms with Crippen molar-refractivity contribution in [3.8, 4) is 11.5 Å². The molecule has 1 aromatic rings. The Morgan fingerprint density at radius 3 is 2.76 bits per heavy atom. The van der Waals surface area contributed by atoms with Crippen LogP contribution in [0.5, 0.6) is 11.5 Å². The Balaban J connectivity index is 2.13. The average molecular weight is 310 g/mol. The molecule has 2 rings (SSSR count). The Hall–Kier alpha value is -1.04. The van der Waals surface area contributed by atoms with E-state index in [0.717, 1.165) is 25.3 Å². The summed E-state index contributed by atoms with van der Waals surface area (Å²) in [7, 11) is -2.69. The lowest BCUT2D eigenvalue weighted by molar-refractivity contribution is -0.0405. The van der Waals surface area contributed by atoms with Crippen LogP contribution in [-0.4, -0.2) is 26.6 Å². The van der Waals surface area contributed by atoms with Crippen LogP contribution in [0.4, 0.5) is 0 Å². The van der Waals surface area contributed by atoms with Gasteiger partial charge in [0.15, 0.2) is 0 Å². The molecular formula is C16H26O4Si. The normalized spacial score (nSPS) is 29.3. The number of benzene rings is 1. The maximum atomic E-state index is 9.57. The lowest BCUT2D eigenvalue weighted by atomic mass is 9.97. The molecule has 1 aliphatic rings. The zero-order valence-electron chi connectivity index (χ0n) is 13.2. The van der Waals surface area contributed by atoms with Gasteiger partial charge in [0.2, 0.25) is 0 Å². The fourth-order valence-corrected chi connectivity index (χ4v) is 5.12. The van der Waals surface area contributed by atoms with E-state index >= 15 is 0 Å². The highest BCUT2D eigenvalue weighted by Gasteiger charge is 2.49. The third-order valence-corrected chi connectivity index (χ3v) is 6.68. The highest BCUT2D eigenvalue weighted by Crippen LogP contribution is 2.33. The van der Waals surface area contributed by atoms with Crippen molar-refractivity contribution in [1.82, 2.24) is 0 Å². The highest BCUT2D eigenvalue weighted by molar-refractivity contribution is 6.61. The Kier molecular flexibility index (Phi) is 5.67. The number of rotatable bonds is 6. The van der Waals surface area contributed by atoms with Gasteiger partial charge in [0.25, 0.3) is 0 Å². The zero-order chi connectivity index (χ0) is 15.3. The van der Waals surface area contributed by atoms with E-state index < -0.39 is 8.80 Å². The summed E-state index contributed by atoms with van der Waals surface area (Å²) in [4.78, 5) is 0. The van der Waals surface area contributed by atoms with E-state index in [1.54, 1.807) is 18.2 Å². The molecule has 1 aliphatic heterocycles. The summed E-state index contributed by atoms with van der Waals surface area (Å²) in [5, 5.41) is 9.57. The average Bonchev–Trinajstić information content (AvgIpc) is 2.48. The minimum Gasteiger partial charge on any atom is -0.508 e. The molecule has 1 aromatic carbocycles. The minimum atomic E-state index is -2.69. The summed E-state index contributed by atoms with van der Waals surface area (Å²) in [5.41, 5.74) is 0. The first kappa shape index (κ1) is 16.3. The molecule has 0 radical (unpaired) electrons. The Morgan fingerprint density at radius 2 is 2.14 bits per heavy atom. The van der Waals surface area contributed by atoms with E-state index in [1.807, 2.05) is 13.0 Å². The van der Waals surface area contributed by atoms with E-state index in [1.165, 1.54) is 0 Å². The van der Waals surface area contributed by atoms with E-state index in [2.05, 4.69) is 13.8 Å². The van der Waals surface area contributed by atoms with Crippen molar-refractivity contribution in [3.63, 3.8) is 0 Å². The first-order chi connectivity index (χ1) is 10.1. The number of phenolic OH excluding ortho intramolecular Hbond substituents is 1.